The largest absolute Gasteiger partial charge is 0.319 e. The lowest BCUT2D eigenvalue weighted by Gasteiger charge is -2.10. The highest BCUT2D eigenvalue weighted by Gasteiger charge is 2.07. The van der Waals surface area contributed by atoms with E-state index in [2.05, 4.69) is 12.5 Å². The molecule has 3 nitrogen and oxygen atoms in total. The fourth-order valence-corrected chi connectivity index (χ4v) is 1.56. The Morgan fingerprint density at radius 2 is 1.94 bits per heavy atom. The number of allylic oxidation sites excluding steroid dienone is 1. The van der Waals surface area contributed by atoms with Gasteiger partial charge in [0.15, 0.2) is 0 Å². The van der Waals surface area contributed by atoms with E-state index >= 15 is 0 Å². The molecule has 0 aromatic rings. The lowest BCUT2D eigenvalue weighted by Crippen LogP contribution is -2.02. The van der Waals surface area contributed by atoms with Gasteiger partial charge >= 0.3 is 8.25 Å². The fourth-order valence-electron chi connectivity index (χ4n) is 0.904. The monoisotopic (exact) mass is 256 g/mol. The summed E-state index contributed by atoms with van der Waals surface area (Å²) in [5.74, 6) is 2.66. The van der Waals surface area contributed by atoms with Crippen molar-refractivity contribution in [1.82, 2.24) is 0 Å². The molecule has 0 aliphatic heterocycles. The molecule has 0 spiro atoms. The van der Waals surface area contributed by atoms with Crippen LogP contribution in [-0.4, -0.2) is 13.2 Å². The summed E-state index contributed by atoms with van der Waals surface area (Å²) in [4.78, 5) is 0. The number of terminal acetylenes is 1. The molecular weight excluding hydrogens is 235 g/mol. The van der Waals surface area contributed by atoms with E-state index in [9.17, 15) is 4.57 Å². The topological polar surface area (TPSA) is 35.5 Å². The fraction of sp³-hybridized carbons (Fsp3) is 0.538. The first-order valence-corrected chi connectivity index (χ1v) is 6.80. The third-order valence-electron chi connectivity index (χ3n) is 1.95. The molecule has 0 aromatic heterocycles. The molecule has 1 unspecified atom stereocenters. The Morgan fingerprint density at radius 3 is 2.47 bits per heavy atom. The summed E-state index contributed by atoms with van der Waals surface area (Å²) in [7, 11) is -2.36. The molecule has 96 valence electrons. The maximum absolute atomic E-state index is 11.2. The van der Waals surface area contributed by atoms with Gasteiger partial charge in [0.05, 0.1) is 13.2 Å². The third-order valence-corrected chi connectivity index (χ3v) is 2.83. The van der Waals surface area contributed by atoms with Crippen molar-refractivity contribution >= 4 is 8.25 Å². The Labute approximate surface area is 105 Å². The molecule has 17 heavy (non-hydrogen) atoms. The van der Waals surface area contributed by atoms with Crippen LogP contribution in [0, 0.1) is 17.8 Å². The smallest absolute Gasteiger partial charge is 0.310 e. The van der Waals surface area contributed by atoms with E-state index < -0.39 is 8.25 Å². The normalized spacial score (nSPS) is 13.5. The Balaban J connectivity index is 3.61. The van der Waals surface area contributed by atoms with E-state index in [1.807, 2.05) is 26.0 Å². The predicted octanol–water partition coefficient (Wildman–Crippen LogP) is 3.59. The predicted molar refractivity (Wildman–Crippen MR) is 72.1 cm³/mol. The van der Waals surface area contributed by atoms with Crippen molar-refractivity contribution in [3.8, 4) is 12.3 Å². The zero-order valence-electron chi connectivity index (χ0n) is 10.6. The van der Waals surface area contributed by atoms with Gasteiger partial charge in [0.2, 0.25) is 0 Å². The molecule has 0 aliphatic rings. The zero-order valence-corrected chi connectivity index (χ0v) is 11.6. The minimum absolute atomic E-state index is 0.244. The summed E-state index contributed by atoms with van der Waals surface area (Å²) >= 11 is 0. The van der Waals surface area contributed by atoms with E-state index in [4.69, 9.17) is 15.5 Å². The first-order valence-electron chi connectivity index (χ1n) is 5.58. The van der Waals surface area contributed by atoms with Crippen LogP contribution in [0.5, 0.6) is 0 Å². The summed E-state index contributed by atoms with van der Waals surface area (Å²) in [5.41, 5.74) is -0.244. The van der Waals surface area contributed by atoms with E-state index in [0.717, 1.165) is 0 Å². The van der Waals surface area contributed by atoms with Crippen LogP contribution in [0.3, 0.4) is 0 Å². The number of hydrogen-bond acceptors (Lipinski definition) is 3. The minimum Gasteiger partial charge on any atom is -0.310 e. The molecule has 0 bridgehead atoms. The summed E-state index contributed by atoms with van der Waals surface area (Å²) in [6.07, 6.45) is 12.3. The third kappa shape index (κ3) is 10.1. The molecule has 0 radical (unpaired) electrons. The van der Waals surface area contributed by atoms with Crippen molar-refractivity contribution in [2.24, 2.45) is 5.41 Å². The van der Waals surface area contributed by atoms with Crippen LogP contribution in [0.1, 0.15) is 26.7 Å². The molecule has 0 saturated heterocycles. The van der Waals surface area contributed by atoms with Crippen molar-refractivity contribution in [3.63, 3.8) is 0 Å². The molecule has 0 fully saturated rings. The highest BCUT2D eigenvalue weighted by Crippen LogP contribution is 2.24. The maximum atomic E-state index is 11.2. The first-order chi connectivity index (χ1) is 8.02. The molecule has 0 amide bonds. The van der Waals surface area contributed by atoms with Gasteiger partial charge in [-0.1, -0.05) is 24.1 Å². The number of rotatable bonds is 9. The Kier molecular flexibility index (Phi) is 8.80. The highest BCUT2D eigenvalue weighted by molar-refractivity contribution is 7.33. The second-order valence-electron chi connectivity index (χ2n) is 4.08. The lowest BCUT2D eigenvalue weighted by atomic mass is 9.94. The molecule has 0 aliphatic carbocycles. The standard InChI is InChI=1S/C13H21O3P/c1-5-7-11-15-17(14)16-12-9-8-10-13(3,4)6-2/h2,5,8,10,17H,1,7,9,11-12H2,3-4H3. The lowest BCUT2D eigenvalue weighted by molar-refractivity contribution is 0.231. The first kappa shape index (κ1) is 16.2. The summed E-state index contributed by atoms with van der Waals surface area (Å²) in [6, 6.07) is 0. The summed E-state index contributed by atoms with van der Waals surface area (Å²) in [6.45, 7) is 8.21. The van der Waals surface area contributed by atoms with Gasteiger partial charge in [-0.25, -0.2) is 0 Å². The van der Waals surface area contributed by atoms with E-state index in [1.165, 1.54) is 0 Å². The van der Waals surface area contributed by atoms with Crippen LogP contribution in [-0.2, 0) is 13.6 Å². The molecular formula is C13H21O3P. The van der Waals surface area contributed by atoms with Gasteiger partial charge in [0.1, 0.15) is 0 Å². The molecule has 0 rings (SSSR count). The average molecular weight is 256 g/mol. The maximum Gasteiger partial charge on any atom is 0.319 e. The summed E-state index contributed by atoms with van der Waals surface area (Å²) in [5, 5.41) is 0. The average Bonchev–Trinajstić information content (AvgIpc) is 2.29. The van der Waals surface area contributed by atoms with Crippen LogP contribution in [0.4, 0.5) is 0 Å². The van der Waals surface area contributed by atoms with E-state index in [0.29, 0.717) is 26.1 Å². The Morgan fingerprint density at radius 1 is 1.35 bits per heavy atom. The van der Waals surface area contributed by atoms with Gasteiger partial charge in [0.25, 0.3) is 0 Å². The number of hydrogen-bond donors (Lipinski definition) is 0. The van der Waals surface area contributed by atoms with Gasteiger partial charge in [0, 0.05) is 5.41 Å². The molecule has 1 atom stereocenters. The van der Waals surface area contributed by atoms with Crippen LogP contribution < -0.4 is 0 Å². The van der Waals surface area contributed by atoms with Crippen LogP contribution in [0.2, 0.25) is 0 Å². The molecule has 0 saturated carbocycles. The molecule has 0 aromatic carbocycles. The van der Waals surface area contributed by atoms with Crippen molar-refractivity contribution in [3.05, 3.63) is 24.8 Å². The van der Waals surface area contributed by atoms with Crippen molar-refractivity contribution in [1.29, 1.82) is 0 Å². The second kappa shape index (κ2) is 9.24. The summed E-state index contributed by atoms with van der Waals surface area (Å²) < 4.78 is 21.2. The van der Waals surface area contributed by atoms with Crippen LogP contribution in [0.15, 0.2) is 24.8 Å². The Bertz CT molecular complexity index is 313. The SMILES string of the molecule is C#CC(C)(C)C=CCCO[PH](=O)OCCC=C. The van der Waals surface area contributed by atoms with Crippen LogP contribution >= 0.6 is 8.25 Å². The van der Waals surface area contributed by atoms with Gasteiger partial charge in [-0.15, -0.1) is 13.0 Å². The van der Waals surface area contributed by atoms with Crippen LogP contribution in [0.25, 0.3) is 0 Å². The molecule has 4 heteroatoms. The second-order valence-corrected chi connectivity index (χ2v) is 5.16. The van der Waals surface area contributed by atoms with Crippen molar-refractivity contribution in [2.75, 3.05) is 13.2 Å². The van der Waals surface area contributed by atoms with Gasteiger partial charge in [-0.2, -0.15) is 0 Å². The van der Waals surface area contributed by atoms with E-state index in [-0.39, 0.29) is 5.41 Å². The van der Waals surface area contributed by atoms with Crippen molar-refractivity contribution in [2.45, 2.75) is 26.7 Å². The van der Waals surface area contributed by atoms with Crippen molar-refractivity contribution < 1.29 is 13.6 Å². The van der Waals surface area contributed by atoms with Gasteiger partial charge < -0.3 is 9.05 Å². The van der Waals surface area contributed by atoms with Gasteiger partial charge in [-0.05, 0) is 26.7 Å². The highest BCUT2D eigenvalue weighted by atomic mass is 31.1. The zero-order chi connectivity index (χ0) is 13.1. The Hall–Kier alpha value is -0.810. The van der Waals surface area contributed by atoms with Gasteiger partial charge in [-0.3, -0.25) is 4.57 Å². The minimum atomic E-state index is -2.36. The molecule has 0 N–H and O–H groups in total. The quantitative estimate of drug-likeness (QED) is 0.274. The molecule has 0 heterocycles. The van der Waals surface area contributed by atoms with E-state index in [1.54, 1.807) is 6.08 Å².